The molecule has 0 spiro atoms. The van der Waals surface area contributed by atoms with Crippen LogP contribution in [-0.4, -0.2) is 58.9 Å². The molecular formula is C21H32F2N4O2. The molecule has 4 rings (SSSR count). The normalized spacial score (nSPS) is 28.5. The van der Waals surface area contributed by atoms with E-state index < -0.39 is 12.5 Å². The second-order valence-corrected chi connectivity index (χ2v) is 9.66. The van der Waals surface area contributed by atoms with E-state index in [2.05, 4.69) is 10.4 Å². The van der Waals surface area contributed by atoms with Crippen LogP contribution in [0.5, 0.6) is 0 Å². The van der Waals surface area contributed by atoms with Gasteiger partial charge in [-0.25, -0.2) is 13.5 Å². The second-order valence-electron chi connectivity index (χ2n) is 9.66. The Kier molecular flexibility index (Phi) is 5.57. The number of fused-ring (bicyclic) bond motifs is 1. The number of carbonyl (C=O) groups is 1. The highest BCUT2D eigenvalue weighted by atomic mass is 19.3. The number of nitrogens with one attached hydrogen (secondary N) is 1. The molecular weight excluding hydrogens is 378 g/mol. The number of hydrogen-bond acceptors (Lipinski definition) is 4. The monoisotopic (exact) mass is 410 g/mol. The summed E-state index contributed by atoms with van der Waals surface area (Å²) in [4.78, 5) is 14.5. The lowest BCUT2D eigenvalue weighted by Crippen LogP contribution is -2.48. The minimum absolute atomic E-state index is 0.0222. The van der Waals surface area contributed by atoms with Gasteiger partial charge < -0.3 is 15.0 Å². The van der Waals surface area contributed by atoms with Gasteiger partial charge in [-0.05, 0) is 38.0 Å². The number of aromatic nitrogens is 2. The van der Waals surface area contributed by atoms with Gasteiger partial charge in [-0.2, -0.15) is 5.10 Å². The molecule has 0 unspecified atom stereocenters. The van der Waals surface area contributed by atoms with Gasteiger partial charge in [-0.3, -0.25) is 4.79 Å². The van der Waals surface area contributed by atoms with E-state index in [1.165, 1.54) is 4.68 Å². The van der Waals surface area contributed by atoms with E-state index in [1.54, 1.807) is 0 Å². The quantitative estimate of drug-likeness (QED) is 0.827. The van der Waals surface area contributed by atoms with Gasteiger partial charge in [0, 0.05) is 37.2 Å². The lowest BCUT2D eigenvalue weighted by molar-refractivity contribution is -0.142. The average Bonchev–Trinajstić information content (AvgIpc) is 3.36. The summed E-state index contributed by atoms with van der Waals surface area (Å²) in [5.74, 6) is 1.05. The van der Waals surface area contributed by atoms with Crippen molar-refractivity contribution in [2.24, 2.45) is 5.92 Å². The average molecular weight is 411 g/mol. The molecule has 6 nitrogen and oxygen atoms in total. The van der Waals surface area contributed by atoms with Gasteiger partial charge in [-0.15, -0.1) is 0 Å². The molecule has 1 aromatic heterocycles. The van der Waals surface area contributed by atoms with Crippen LogP contribution in [0.1, 0.15) is 64.6 Å². The van der Waals surface area contributed by atoms with Crippen molar-refractivity contribution in [3.05, 3.63) is 11.8 Å². The molecule has 162 valence electrons. The fourth-order valence-electron chi connectivity index (χ4n) is 4.75. The highest BCUT2D eigenvalue weighted by Gasteiger charge is 2.40. The van der Waals surface area contributed by atoms with E-state index in [9.17, 15) is 13.6 Å². The van der Waals surface area contributed by atoms with Gasteiger partial charge in [0.25, 0.3) is 12.3 Å². The second kappa shape index (κ2) is 7.85. The smallest absolute Gasteiger partial charge is 0.260 e. The number of nitrogens with zero attached hydrogens (tertiary/aromatic N) is 3. The highest BCUT2D eigenvalue weighted by Crippen LogP contribution is 2.38. The molecule has 0 aliphatic carbocycles. The molecule has 4 heterocycles. The first-order valence-corrected chi connectivity index (χ1v) is 10.8. The van der Waals surface area contributed by atoms with Crippen LogP contribution < -0.4 is 5.32 Å². The Hall–Kier alpha value is -1.70. The molecule has 2 fully saturated rings. The number of rotatable bonds is 3. The van der Waals surface area contributed by atoms with Crippen LogP contribution in [0.3, 0.4) is 0 Å². The van der Waals surface area contributed by atoms with Gasteiger partial charge in [0.05, 0.1) is 5.69 Å². The fourth-order valence-corrected chi connectivity index (χ4v) is 4.75. The molecule has 1 amide bonds. The molecule has 1 N–H and O–H groups in total. The number of carbonyl (C=O) groups excluding carboxylic acids is 1. The number of amides is 1. The summed E-state index contributed by atoms with van der Waals surface area (Å²) < 4.78 is 34.7. The van der Waals surface area contributed by atoms with E-state index in [1.807, 2.05) is 31.7 Å². The molecule has 0 aromatic carbocycles. The zero-order valence-corrected chi connectivity index (χ0v) is 17.5. The number of hydrogen-bond donors (Lipinski definition) is 1. The number of anilines is 1. The number of alkyl halides is 2. The molecule has 0 bridgehead atoms. The Morgan fingerprint density at radius 1 is 1.28 bits per heavy atom. The van der Waals surface area contributed by atoms with Crippen LogP contribution in [0.15, 0.2) is 6.07 Å². The molecule has 29 heavy (non-hydrogen) atoms. The summed E-state index contributed by atoms with van der Waals surface area (Å²) in [5, 5.41) is 7.97. The first-order chi connectivity index (χ1) is 13.7. The molecule has 0 saturated carbocycles. The van der Waals surface area contributed by atoms with Gasteiger partial charge >= 0.3 is 0 Å². The van der Waals surface area contributed by atoms with Crippen LogP contribution in [0.2, 0.25) is 0 Å². The highest BCUT2D eigenvalue weighted by molar-refractivity contribution is 5.81. The van der Waals surface area contributed by atoms with Gasteiger partial charge in [-0.1, -0.05) is 20.8 Å². The van der Waals surface area contributed by atoms with Gasteiger partial charge in [0.1, 0.15) is 18.0 Å². The van der Waals surface area contributed by atoms with Crippen molar-refractivity contribution in [2.45, 2.75) is 82.9 Å². The molecule has 3 aliphatic rings. The van der Waals surface area contributed by atoms with E-state index in [0.29, 0.717) is 31.9 Å². The van der Waals surface area contributed by atoms with Crippen molar-refractivity contribution >= 4 is 11.7 Å². The summed E-state index contributed by atoms with van der Waals surface area (Å²) >= 11 is 0. The Labute approximate surface area is 171 Å². The van der Waals surface area contributed by atoms with Crippen LogP contribution in [0.4, 0.5) is 14.6 Å². The number of likely N-dealkylation sites (tertiary alicyclic amines) is 1. The van der Waals surface area contributed by atoms with Crippen molar-refractivity contribution in [1.82, 2.24) is 14.7 Å². The Bertz CT molecular complexity index is 732. The van der Waals surface area contributed by atoms with Crippen molar-refractivity contribution in [1.29, 1.82) is 0 Å². The lowest BCUT2D eigenvalue weighted by atomic mass is 9.84. The maximum absolute atomic E-state index is 13.8. The van der Waals surface area contributed by atoms with Crippen molar-refractivity contribution < 1.29 is 18.3 Å². The maximum atomic E-state index is 13.8. The summed E-state index contributed by atoms with van der Waals surface area (Å²) in [7, 11) is 0. The summed E-state index contributed by atoms with van der Waals surface area (Å²) in [5.41, 5.74) is 0.630. The first-order valence-electron chi connectivity index (χ1n) is 10.8. The maximum Gasteiger partial charge on any atom is 0.260 e. The minimum Gasteiger partial charge on any atom is -0.368 e. The molecule has 3 atom stereocenters. The van der Waals surface area contributed by atoms with Crippen molar-refractivity contribution in [3.8, 4) is 0 Å². The molecule has 0 radical (unpaired) electrons. The summed E-state index contributed by atoms with van der Waals surface area (Å²) in [6.45, 7) is 8.13. The van der Waals surface area contributed by atoms with E-state index in [-0.39, 0.29) is 29.4 Å². The van der Waals surface area contributed by atoms with Crippen LogP contribution in [0, 0.1) is 5.92 Å². The van der Waals surface area contributed by atoms with Crippen LogP contribution in [-0.2, 0) is 14.9 Å². The minimum atomic E-state index is -2.45. The zero-order valence-electron chi connectivity index (χ0n) is 17.5. The molecule has 8 heteroatoms. The standard InChI is InChI=1S/C21H32F2N4O2/c1-21(2,3)17-12-18-24-14(11-15(19(22)23)27(18)25-17)13-6-8-26(9-7-13)20(28)16-5-4-10-29-16/h12-16,19,24H,4-11H2,1-3H3/t14-,15+,16+/m0/s1. The molecule has 1 aromatic rings. The van der Waals surface area contributed by atoms with E-state index in [0.717, 1.165) is 31.4 Å². The SMILES string of the molecule is CC(C)(C)c1cc2n(n1)[C@@H](C(F)F)C[C@@H](C1CCN(C(=O)[C@H]3CCCO3)CC1)N2. The fraction of sp³-hybridized carbons (Fsp3) is 0.810. The van der Waals surface area contributed by atoms with Crippen LogP contribution >= 0.6 is 0 Å². The number of piperidine rings is 1. The third kappa shape index (κ3) is 4.13. The summed E-state index contributed by atoms with van der Waals surface area (Å²) in [6, 6.07) is 0.988. The Balaban J connectivity index is 1.43. The summed E-state index contributed by atoms with van der Waals surface area (Å²) in [6.07, 6.45) is 1.02. The Morgan fingerprint density at radius 3 is 2.59 bits per heavy atom. The zero-order chi connectivity index (χ0) is 20.8. The van der Waals surface area contributed by atoms with E-state index >= 15 is 0 Å². The largest absolute Gasteiger partial charge is 0.368 e. The third-order valence-electron chi connectivity index (χ3n) is 6.56. The predicted molar refractivity (Wildman–Crippen MR) is 106 cm³/mol. The van der Waals surface area contributed by atoms with E-state index in [4.69, 9.17) is 4.74 Å². The predicted octanol–water partition coefficient (Wildman–Crippen LogP) is 3.59. The van der Waals surface area contributed by atoms with Crippen molar-refractivity contribution in [2.75, 3.05) is 25.0 Å². The van der Waals surface area contributed by atoms with Crippen LogP contribution in [0.25, 0.3) is 0 Å². The number of halogens is 2. The van der Waals surface area contributed by atoms with Gasteiger partial charge in [0.2, 0.25) is 0 Å². The lowest BCUT2D eigenvalue weighted by Gasteiger charge is -2.40. The molecule has 2 saturated heterocycles. The number of ether oxygens (including phenoxy) is 1. The first kappa shape index (κ1) is 20.6. The Morgan fingerprint density at radius 2 is 2.00 bits per heavy atom. The van der Waals surface area contributed by atoms with Gasteiger partial charge in [0.15, 0.2) is 0 Å². The third-order valence-corrected chi connectivity index (χ3v) is 6.56. The topological polar surface area (TPSA) is 59.4 Å². The van der Waals surface area contributed by atoms with Crippen molar-refractivity contribution in [3.63, 3.8) is 0 Å². The molecule has 3 aliphatic heterocycles.